The third-order valence-corrected chi connectivity index (χ3v) is 3.77. The molecule has 2 aromatic rings. The molecule has 7 heteroatoms. The number of carbonyl (C=O) groups is 2. The molecule has 27 heavy (non-hydrogen) atoms. The van der Waals surface area contributed by atoms with Crippen molar-refractivity contribution in [1.29, 1.82) is 5.26 Å². The van der Waals surface area contributed by atoms with Crippen molar-refractivity contribution in [2.24, 2.45) is 0 Å². The number of amides is 1. The SMILES string of the molecule is COc1ccc(OC)c(C(=O)OCC(=O)N(CCC#N)c2ccccc2)c1. The third-order valence-electron chi connectivity index (χ3n) is 3.77. The summed E-state index contributed by atoms with van der Waals surface area (Å²) in [7, 11) is 2.91. The first-order valence-electron chi connectivity index (χ1n) is 8.22. The predicted molar refractivity (Wildman–Crippen MR) is 98.9 cm³/mol. The molecule has 0 unspecified atom stereocenters. The number of methoxy groups -OCH3 is 2. The molecule has 7 nitrogen and oxygen atoms in total. The van der Waals surface area contributed by atoms with Crippen LogP contribution in [-0.4, -0.2) is 39.2 Å². The molecule has 0 aliphatic carbocycles. The fourth-order valence-electron chi connectivity index (χ4n) is 2.42. The molecular weight excluding hydrogens is 348 g/mol. The number of anilines is 1. The summed E-state index contributed by atoms with van der Waals surface area (Å²) in [4.78, 5) is 26.4. The van der Waals surface area contributed by atoms with Gasteiger partial charge in [0, 0.05) is 12.2 Å². The maximum absolute atomic E-state index is 12.5. The first kappa shape index (κ1) is 19.8. The highest BCUT2D eigenvalue weighted by atomic mass is 16.5. The minimum absolute atomic E-state index is 0.160. The fraction of sp³-hybridized carbons (Fsp3) is 0.250. The van der Waals surface area contributed by atoms with Gasteiger partial charge in [0.25, 0.3) is 5.91 Å². The van der Waals surface area contributed by atoms with Gasteiger partial charge in [0.1, 0.15) is 17.1 Å². The zero-order valence-corrected chi connectivity index (χ0v) is 15.2. The van der Waals surface area contributed by atoms with Crippen molar-refractivity contribution in [2.45, 2.75) is 6.42 Å². The second-order valence-corrected chi connectivity index (χ2v) is 5.43. The van der Waals surface area contributed by atoms with Crippen molar-refractivity contribution in [3.63, 3.8) is 0 Å². The Labute approximate surface area is 157 Å². The summed E-state index contributed by atoms with van der Waals surface area (Å²) in [5.74, 6) is -0.342. The lowest BCUT2D eigenvalue weighted by atomic mass is 10.2. The van der Waals surface area contributed by atoms with Crippen molar-refractivity contribution < 1.29 is 23.8 Å². The average molecular weight is 368 g/mol. The molecule has 0 spiro atoms. The summed E-state index contributed by atoms with van der Waals surface area (Å²) in [5, 5.41) is 8.82. The molecule has 1 amide bonds. The quantitative estimate of drug-likeness (QED) is 0.666. The molecule has 0 fully saturated rings. The number of rotatable bonds is 8. The van der Waals surface area contributed by atoms with Crippen LogP contribution in [0.3, 0.4) is 0 Å². The Balaban J connectivity index is 2.10. The molecule has 0 saturated carbocycles. The van der Waals surface area contributed by atoms with Gasteiger partial charge in [-0.15, -0.1) is 0 Å². The van der Waals surface area contributed by atoms with Crippen LogP contribution in [0.25, 0.3) is 0 Å². The molecule has 0 bridgehead atoms. The van der Waals surface area contributed by atoms with E-state index in [1.54, 1.807) is 36.4 Å². The van der Waals surface area contributed by atoms with E-state index in [0.29, 0.717) is 17.2 Å². The lowest BCUT2D eigenvalue weighted by Gasteiger charge is -2.21. The average Bonchev–Trinajstić information content (AvgIpc) is 2.72. The van der Waals surface area contributed by atoms with Gasteiger partial charge in [-0.2, -0.15) is 5.26 Å². The van der Waals surface area contributed by atoms with Crippen molar-refractivity contribution in [3.05, 3.63) is 54.1 Å². The molecule has 0 aliphatic rings. The van der Waals surface area contributed by atoms with E-state index in [1.165, 1.54) is 25.2 Å². The van der Waals surface area contributed by atoms with E-state index in [1.807, 2.05) is 12.1 Å². The summed E-state index contributed by atoms with van der Waals surface area (Å²) in [5.41, 5.74) is 0.792. The Kier molecular flexibility index (Phi) is 7.20. The number of ether oxygens (including phenoxy) is 3. The van der Waals surface area contributed by atoms with E-state index in [2.05, 4.69) is 0 Å². The van der Waals surface area contributed by atoms with Crippen LogP contribution in [0, 0.1) is 11.3 Å². The van der Waals surface area contributed by atoms with E-state index in [9.17, 15) is 9.59 Å². The first-order chi connectivity index (χ1) is 13.1. The highest BCUT2D eigenvalue weighted by Gasteiger charge is 2.20. The minimum atomic E-state index is -0.701. The van der Waals surface area contributed by atoms with E-state index in [-0.39, 0.29) is 18.5 Å². The molecule has 0 heterocycles. The second-order valence-electron chi connectivity index (χ2n) is 5.43. The van der Waals surface area contributed by atoms with Gasteiger partial charge < -0.3 is 19.1 Å². The van der Waals surface area contributed by atoms with Crippen LogP contribution in [0.5, 0.6) is 11.5 Å². The molecule has 140 valence electrons. The Morgan fingerprint density at radius 2 is 1.81 bits per heavy atom. The smallest absolute Gasteiger partial charge is 0.342 e. The largest absolute Gasteiger partial charge is 0.497 e. The van der Waals surface area contributed by atoms with Gasteiger partial charge >= 0.3 is 5.97 Å². The van der Waals surface area contributed by atoms with Gasteiger partial charge in [-0.3, -0.25) is 4.79 Å². The van der Waals surface area contributed by atoms with Gasteiger partial charge in [-0.05, 0) is 30.3 Å². The third kappa shape index (κ3) is 5.22. The lowest BCUT2D eigenvalue weighted by molar-refractivity contribution is -0.121. The molecule has 0 radical (unpaired) electrons. The zero-order valence-electron chi connectivity index (χ0n) is 15.2. The monoisotopic (exact) mass is 368 g/mol. The minimum Gasteiger partial charge on any atom is -0.497 e. The molecular formula is C20H20N2O5. The van der Waals surface area contributed by atoms with Crippen LogP contribution >= 0.6 is 0 Å². The molecule has 0 N–H and O–H groups in total. The Morgan fingerprint density at radius 3 is 2.44 bits per heavy atom. The van der Waals surface area contributed by atoms with E-state index < -0.39 is 18.5 Å². The summed E-state index contributed by atoms with van der Waals surface area (Å²) in [6.45, 7) is -0.251. The number of nitriles is 1. The van der Waals surface area contributed by atoms with Crippen molar-refractivity contribution >= 4 is 17.6 Å². The van der Waals surface area contributed by atoms with Crippen molar-refractivity contribution in [3.8, 4) is 17.6 Å². The molecule has 0 atom stereocenters. The summed E-state index contributed by atoms with van der Waals surface area (Å²) >= 11 is 0. The summed E-state index contributed by atoms with van der Waals surface area (Å²) < 4.78 is 15.4. The standard InChI is InChI=1S/C20H20N2O5/c1-25-16-9-10-18(26-2)17(13-16)20(24)27-14-19(23)22(12-6-11-21)15-7-4-3-5-8-15/h3-5,7-10,13H,6,12,14H2,1-2H3. The number of benzene rings is 2. The van der Waals surface area contributed by atoms with Crippen LogP contribution in [0.15, 0.2) is 48.5 Å². The Hall–Kier alpha value is -3.53. The van der Waals surface area contributed by atoms with Gasteiger partial charge in [0.15, 0.2) is 6.61 Å². The van der Waals surface area contributed by atoms with Gasteiger partial charge in [-0.1, -0.05) is 18.2 Å². The maximum Gasteiger partial charge on any atom is 0.342 e. The second kappa shape index (κ2) is 9.82. The van der Waals surface area contributed by atoms with Gasteiger partial charge in [-0.25, -0.2) is 4.79 Å². The Bertz CT molecular complexity index is 830. The fourth-order valence-corrected chi connectivity index (χ4v) is 2.42. The molecule has 2 rings (SSSR count). The number of esters is 1. The van der Waals surface area contributed by atoms with Crippen LogP contribution in [0.2, 0.25) is 0 Å². The van der Waals surface area contributed by atoms with E-state index in [4.69, 9.17) is 19.5 Å². The highest BCUT2D eigenvalue weighted by molar-refractivity contribution is 5.98. The maximum atomic E-state index is 12.5. The molecule has 0 aliphatic heterocycles. The van der Waals surface area contributed by atoms with E-state index >= 15 is 0 Å². The number of hydrogen-bond donors (Lipinski definition) is 0. The molecule has 0 aromatic heterocycles. The number of nitrogens with zero attached hydrogens (tertiary/aromatic N) is 2. The Morgan fingerprint density at radius 1 is 1.07 bits per heavy atom. The highest BCUT2D eigenvalue weighted by Crippen LogP contribution is 2.24. The zero-order chi connectivity index (χ0) is 19.6. The summed E-state index contributed by atoms with van der Waals surface area (Å²) in [6.07, 6.45) is 0.165. The van der Waals surface area contributed by atoms with Crippen LogP contribution in [0.1, 0.15) is 16.8 Å². The van der Waals surface area contributed by atoms with Crippen LogP contribution in [0.4, 0.5) is 5.69 Å². The van der Waals surface area contributed by atoms with Gasteiger partial charge in [0.2, 0.25) is 0 Å². The lowest BCUT2D eigenvalue weighted by Crippen LogP contribution is -2.35. The molecule has 0 saturated heterocycles. The predicted octanol–water partition coefficient (Wildman–Crippen LogP) is 2.81. The first-order valence-corrected chi connectivity index (χ1v) is 8.22. The molecule has 2 aromatic carbocycles. The van der Waals surface area contributed by atoms with Gasteiger partial charge in [0.05, 0.1) is 26.7 Å². The normalized spacial score (nSPS) is 9.81. The van der Waals surface area contributed by atoms with Crippen LogP contribution < -0.4 is 14.4 Å². The van der Waals surface area contributed by atoms with Crippen molar-refractivity contribution in [2.75, 3.05) is 32.3 Å². The number of hydrogen-bond acceptors (Lipinski definition) is 6. The number of para-hydroxylation sites is 1. The summed E-state index contributed by atoms with van der Waals surface area (Å²) in [6, 6.07) is 15.6. The van der Waals surface area contributed by atoms with Crippen molar-refractivity contribution in [1.82, 2.24) is 0 Å². The topological polar surface area (TPSA) is 88.9 Å². The van der Waals surface area contributed by atoms with E-state index in [0.717, 1.165) is 0 Å². The number of carbonyl (C=O) groups excluding carboxylic acids is 2. The van der Waals surface area contributed by atoms with Crippen LogP contribution in [-0.2, 0) is 9.53 Å².